The summed E-state index contributed by atoms with van der Waals surface area (Å²) >= 11 is 0. The molecule has 0 aromatic carbocycles. The molecule has 5 heteroatoms. The Hall–Kier alpha value is -0.650. The number of amides is 1. The molecule has 0 aromatic rings. The average molecular weight is 285 g/mol. The van der Waals surface area contributed by atoms with Crippen LogP contribution in [0.15, 0.2) is 0 Å². The molecule has 1 atom stereocenters. The van der Waals surface area contributed by atoms with E-state index in [-0.39, 0.29) is 11.9 Å². The van der Waals surface area contributed by atoms with Crippen molar-refractivity contribution in [1.29, 1.82) is 0 Å². The van der Waals surface area contributed by atoms with Gasteiger partial charge in [-0.1, -0.05) is 6.92 Å². The fraction of sp³-hybridized carbons (Fsp3) is 0.933. The van der Waals surface area contributed by atoms with Crippen molar-refractivity contribution < 1.29 is 9.53 Å². The minimum absolute atomic E-state index is 0.0777. The second-order valence-corrected chi connectivity index (χ2v) is 5.77. The van der Waals surface area contributed by atoms with Crippen LogP contribution in [0.2, 0.25) is 0 Å². The first kappa shape index (κ1) is 17.4. The van der Waals surface area contributed by atoms with Gasteiger partial charge < -0.3 is 15.8 Å². The van der Waals surface area contributed by atoms with Gasteiger partial charge in [-0.3, -0.25) is 9.69 Å². The molecule has 0 heterocycles. The average Bonchev–Trinajstić information content (AvgIpc) is 2.45. The van der Waals surface area contributed by atoms with Gasteiger partial charge in [-0.05, 0) is 45.6 Å². The van der Waals surface area contributed by atoms with Crippen LogP contribution in [-0.2, 0) is 9.53 Å². The molecule has 0 spiro atoms. The lowest BCUT2D eigenvalue weighted by molar-refractivity contribution is -0.127. The number of methoxy groups -OCH3 is 1. The zero-order valence-electron chi connectivity index (χ0n) is 13.2. The standard InChI is InChI=1S/C15H31N3O2/c1-4-10-18(14-7-5-13(16)6-8-14)12(2)15(19)17-9-11-20-3/h12-14H,4-11,16H2,1-3H3,(H,17,19). The zero-order valence-corrected chi connectivity index (χ0v) is 13.2. The Balaban J connectivity index is 2.52. The lowest BCUT2D eigenvalue weighted by Gasteiger charge is -2.39. The summed E-state index contributed by atoms with van der Waals surface area (Å²) in [5.74, 6) is 0.102. The molecule has 0 aliphatic heterocycles. The second kappa shape index (κ2) is 9.32. The maximum Gasteiger partial charge on any atom is 0.237 e. The SMILES string of the molecule is CCCN(C1CCC(N)CC1)C(C)C(=O)NCCOC. The van der Waals surface area contributed by atoms with Gasteiger partial charge in [0.2, 0.25) is 5.91 Å². The van der Waals surface area contributed by atoms with Crippen molar-refractivity contribution in [3.8, 4) is 0 Å². The summed E-state index contributed by atoms with van der Waals surface area (Å²) in [7, 11) is 1.64. The summed E-state index contributed by atoms with van der Waals surface area (Å²) in [6.45, 7) is 6.28. The van der Waals surface area contributed by atoms with Gasteiger partial charge in [-0.2, -0.15) is 0 Å². The molecule has 118 valence electrons. The largest absolute Gasteiger partial charge is 0.383 e. The monoisotopic (exact) mass is 285 g/mol. The first-order chi connectivity index (χ1) is 9.60. The van der Waals surface area contributed by atoms with E-state index in [1.165, 1.54) is 0 Å². The van der Waals surface area contributed by atoms with Crippen LogP contribution in [0.5, 0.6) is 0 Å². The van der Waals surface area contributed by atoms with Gasteiger partial charge in [0.1, 0.15) is 0 Å². The minimum atomic E-state index is -0.0777. The first-order valence-corrected chi connectivity index (χ1v) is 7.88. The number of nitrogens with two attached hydrogens (primary N) is 1. The maximum absolute atomic E-state index is 12.2. The van der Waals surface area contributed by atoms with Crippen LogP contribution >= 0.6 is 0 Å². The molecule has 0 bridgehead atoms. The molecular formula is C15H31N3O2. The molecule has 3 N–H and O–H groups in total. The molecule has 1 aliphatic rings. The van der Waals surface area contributed by atoms with Gasteiger partial charge >= 0.3 is 0 Å². The van der Waals surface area contributed by atoms with E-state index in [9.17, 15) is 4.79 Å². The third-order valence-corrected chi connectivity index (χ3v) is 4.17. The molecule has 1 aliphatic carbocycles. The van der Waals surface area contributed by atoms with Gasteiger partial charge in [0.25, 0.3) is 0 Å². The molecule has 1 rings (SSSR count). The van der Waals surface area contributed by atoms with E-state index in [0.717, 1.165) is 38.6 Å². The summed E-state index contributed by atoms with van der Waals surface area (Å²) in [6, 6.07) is 0.768. The number of ether oxygens (including phenoxy) is 1. The van der Waals surface area contributed by atoms with Gasteiger partial charge in [0, 0.05) is 25.7 Å². The molecule has 5 nitrogen and oxygen atoms in total. The third-order valence-electron chi connectivity index (χ3n) is 4.17. The van der Waals surface area contributed by atoms with E-state index in [1.807, 2.05) is 6.92 Å². The Labute approximate surface area is 123 Å². The van der Waals surface area contributed by atoms with E-state index < -0.39 is 0 Å². The molecule has 1 amide bonds. The van der Waals surface area contributed by atoms with Crippen LogP contribution in [0.3, 0.4) is 0 Å². The molecular weight excluding hydrogens is 254 g/mol. The highest BCUT2D eigenvalue weighted by molar-refractivity contribution is 5.81. The highest BCUT2D eigenvalue weighted by Gasteiger charge is 2.29. The molecule has 0 saturated heterocycles. The first-order valence-electron chi connectivity index (χ1n) is 7.88. The smallest absolute Gasteiger partial charge is 0.237 e. The van der Waals surface area contributed by atoms with E-state index in [0.29, 0.717) is 25.2 Å². The summed E-state index contributed by atoms with van der Waals surface area (Å²) in [4.78, 5) is 14.6. The molecule has 0 radical (unpaired) electrons. The Morgan fingerprint density at radius 3 is 2.60 bits per heavy atom. The van der Waals surface area contributed by atoms with Crippen molar-refractivity contribution in [3.63, 3.8) is 0 Å². The van der Waals surface area contributed by atoms with E-state index >= 15 is 0 Å². The van der Waals surface area contributed by atoms with Crippen molar-refractivity contribution in [3.05, 3.63) is 0 Å². The zero-order chi connectivity index (χ0) is 15.0. The van der Waals surface area contributed by atoms with Crippen LogP contribution in [0, 0.1) is 0 Å². The van der Waals surface area contributed by atoms with Gasteiger partial charge in [0.15, 0.2) is 0 Å². The third kappa shape index (κ3) is 5.38. The van der Waals surface area contributed by atoms with Gasteiger partial charge in [-0.25, -0.2) is 0 Å². The molecule has 20 heavy (non-hydrogen) atoms. The van der Waals surface area contributed by atoms with Gasteiger partial charge in [-0.15, -0.1) is 0 Å². The Kier molecular flexibility index (Phi) is 8.11. The maximum atomic E-state index is 12.2. The van der Waals surface area contributed by atoms with Crippen molar-refractivity contribution in [2.75, 3.05) is 26.8 Å². The fourth-order valence-corrected chi connectivity index (χ4v) is 2.96. The predicted octanol–water partition coefficient (Wildman–Crippen LogP) is 1.12. The molecule has 1 unspecified atom stereocenters. The number of nitrogens with zero attached hydrogens (tertiary/aromatic N) is 1. The highest BCUT2D eigenvalue weighted by Crippen LogP contribution is 2.24. The lowest BCUT2D eigenvalue weighted by atomic mass is 9.90. The summed E-state index contributed by atoms with van der Waals surface area (Å²) in [5.41, 5.74) is 5.98. The van der Waals surface area contributed by atoms with Crippen molar-refractivity contribution in [2.45, 2.75) is 64.1 Å². The topological polar surface area (TPSA) is 67.6 Å². The Morgan fingerprint density at radius 2 is 2.05 bits per heavy atom. The Bertz CT molecular complexity index is 278. The van der Waals surface area contributed by atoms with E-state index in [2.05, 4.69) is 17.1 Å². The number of carbonyl (C=O) groups is 1. The quantitative estimate of drug-likeness (QED) is 0.656. The number of rotatable bonds is 8. The van der Waals surface area contributed by atoms with E-state index in [1.54, 1.807) is 7.11 Å². The Morgan fingerprint density at radius 1 is 1.40 bits per heavy atom. The molecule has 1 saturated carbocycles. The van der Waals surface area contributed by atoms with Crippen molar-refractivity contribution in [2.24, 2.45) is 5.73 Å². The minimum Gasteiger partial charge on any atom is -0.383 e. The van der Waals surface area contributed by atoms with Crippen molar-refractivity contribution >= 4 is 5.91 Å². The highest BCUT2D eigenvalue weighted by atomic mass is 16.5. The van der Waals surface area contributed by atoms with Crippen LogP contribution in [-0.4, -0.2) is 55.7 Å². The number of carbonyl (C=O) groups excluding carboxylic acids is 1. The number of hydrogen-bond donors (Lipinski definition) is 2. The van der Waals surface area contributed by atoms with E-state index in [4.69, 9.17) is 10.5 Å². The second-order valence-electron chi connectivity index (χ2n) is 5.77. The number of hydrogen-bond acceptors (Lipinski definition) is 4. The van der Waals surface area contributed by atoms with Crippen LogP contribution in [0.25, 0.3) is 0 Å². The predicted molar refractivity (Wildman–Crippen MR) is 81.6 cm³/mol. The normalized spacial score (nSPS) is 24.6. The van der Waals surface area contributed by atoms with Crippen LogP contribution in [0.4, 0.5) is 0 Å². The summed E-state index contributed by atoms with van der Waals surface area (Å²) in [6.07, 6.45) is 5.43. The van der Waals surface area contributed by atoms with Gasteiger partial charge in [0.05, 0.1) is 12.6 Å². The summed E-state index contributed by atoms with van der Waals surface area (Å²) in [5, 5.41) is 2.94. The molecule has 0 aromatic heterocycles. The van der Waals surface area contributed by atoms with Crippen molar-refractivity contribution in [1.82, 2.24) is 10.2 Å². The number of nitrogens with one attached hydrogen (secondary N) is 1. The lowest BCUT2D eigenvalue weighted by Crippen LogP contribution is -2.52. The fourth-order valence-electron chi connectivity index (χ4n) is 2.96. The van der Waals surface area contributed by atoms with Crippen LogP contribution < -0.4 is 11.1 Å². The summed E-state index contributed by atoms with van der Waals surface area (Å²) < 4.78 is 4.97. The molecule has 1 fully saturated rings. The van der Waals surface area contributed by atoms with Crippen LogP contribution in [0.1, 0.15) is 46.0 Å².